The molecule has 58 heavy (non-hydrogen) atoms. The molecule has 300 valence electrons. The first-order valence-electron chi connectivity index (χ1n) is 15.9. The Morgan fingerprint density at radius 1 is 0.603 bits per heavy atom. The summed E-state index contributed by atoms with van der Waals surface area (Å²) in [5, 5.41) is 22.6. The molecule has 1 heterocycles. The molecule has 0 aliphatic rings. The lowest BCUT2D eigenvalue weighted by Crippen LogP contribution is -2.04. The third-order valence-electron chi connectivity index (χ3n) is 7.87. The zero-order valence-electron chi connectivity index (χ0n) is 29.4. The van der Waals surface area contributed by atoms with Crippen molar-refractivity contribution in [2.75, 3.05) is 10.6 Å². The highest BCUT2D eigenvalue weighted by Crippen LogP contribution is 2.33. The Labute approximate surface area is 336 Å². The molecule has 25 heteroatoms. The molecule has 0 saturated carbocycles. The van der Waals surface area contributed by atoms with E-state index >= 15 is 0 Å². The monoisotopic (exact) mass is 887 g/mol. The van der Waals surface area contributed by atoms with Gasteiger partial charge < -0.3 is 15.2 Å². The number of halogens is 1. The normalized spacial score (nSPS) is 13.0. The van der Waals surface area contributed by atoms with Crippen molar-refractivity contribution in [2.45, 2.75) is 33.4 Å². The number of anilines is 4. The van der Waals surface area contributed by atoms with E-state index in [1.807, 2.05) is 0 Å². The van der Waals surface area contributed by atoms with Gasteiger partial charge in [-0.1, -0.05) is 6.07 Å². The van der Waals surface area contributed by atoms with Crippen LogP contribution >= 0.6 is 11.6 Å². The fourth-order valence-electron chi connectivity index (χ4n) is 5.21. The number of rotatable bonds is 12. The van der Waals surface area contributed by atoms with Crippen LogP contribution in [0.2, 0.25) is 5.28 Å². The molecule has 6 rings (SSSR count). The molecule has 0 radical (unpaired) electrons. The van der Waals surface area contributed by atoms with Crippen LogP contribution in [0.25, 0.3) is 10.8 Å². The quantitative estimate of drug-likeness (QED) is 0.0386. The molecule has 20 nitrogen and oxygen atoms in total. The molecule has 6 aromatic rings. The van der Waals surface area contributed by atoms with Gasteiger partial charge in [-0.3, -0.25) is 13.7 Å². The van der Waals surface area contributed by atoms with E-state index in [4.69, 9.17) is 11.6 Å². The number of aromatic nitrogens is 3. The minimum absolute atomic E-state index is 0.0616. The van der Waals surface area contributed by atoms with E-state index < -0.39 is 56.1 Å². The maximum Gasteiger partial charge on any atom is 0.295 e. The number of azo groups is 2. The van der Waals surface area contributed by atoms with Gasteiger partial charge in [0.15, 0.2) is 11.1 Å². The molecule has 1 atom stereocenters. The number of nitrogens with zero attached hydrogens (tertiary/aromatic N) is 7. The van der Waals surface area contributed by atoms with Crippen LogP contribution in [0, 0.1) is 13.8 Å². The van der Waals surface area contributed by atoms with Crippen molar-refractivity contribution in [2.24, 2.45) is 20.5 Å². The zero-order chi connectivity index (χ0) is 42.2. The summed E-state index contributed by atoms with van der Waals surface area (Å²) in [4.78, 5) is 10.2. The third kappa shape index (κ3) is 10.2. The summed E-state index contributed by atoms with van der Waals surface area (Å²) >= 11 is 3.70. The molecule has 0 saturated heterocycles. The Morgan fingerprint density at radius 2 is 1.12 bits per heavy atom. The van der Waals surface area contributed by atoms with E-state index in [1.165, 1.54) is 30.3 Å². The van der Waals surface area contributed by atoms with Crippen molar-refractivity contribution in [1.29, 1.82) is 0 Å². The largest absolute Gasteiger partial charge is 0.324 e. The van der Waals surface area contributed by atoms with Crippen LogP contribution in [0.3, 0.4) is 0 Å². The fourth-order valence-corrected chi connectivity index (χ4v) is 7.79. The zero-order valence-corrected chi connectivity index (χ0v) is 33.4. The van der Waals surface area contributed by atoms with Crippen molar-refractivity contribution in [3.8, 4) is 0 Å². The molecular weight excluding hydrogens is 862 g/mol. The average molecular weight is 888 g/mol. The topological polar surface area (TPSA) is 313 Å². The van der Waals surface area contributed by atoms with Crippen LogP contribution in [0.4, 0.5) is 46.0 Å². The number of hydrogen-bond acceptors (Lipinski definition) is 16. The minimum Gasteiger partial charge on any atom is -0.324 e. The molecule has 0 fully saturated rings. The Balaban J connectivity index is 1.16. The summed E-state index contributed by atoms with van der Waals surface area (Å²) in [5.41, 5.74) is 2.97. The first-order chi connectivity index (χ1) is 27.1. The predicted octanol–water partition coefficient (Wildman–Crippen LogP) is 7.93. The fraction of sp³-hybridized carbons (Fsp3) is 0.0606. The molecule has 0 amide bonds. The van der Waals surface area contributed by atoms with Crippen molar-refractivity contribution < 1.29 is 47.7 Å². The van der Waals surface area contributed by atoms with Gasteiger partial charge in [0.25, 0.3) is 30.4 Å². The van der Waals surface area contributed by atoms with Gasteiger partial charge in [-0.25, -0.2) is 4.21 Å². The van der Waals surface area contributed by atoms with Crippen LogP contribution in [-0.2, 0) is 41.4 Å². The van der Waals surface area contributed by atoms with E-state index in [1.54, 1.807) is 44.2 Å². The Morgan fingerprint density at radius 3 is 1.59 bits per heavy atom. The first-order valence-corrected chi connectivity index (χ1v) is 21.7. The number of hydrogen-bond donors (Lipinski definition) is 6. The summed E-state index contributed by atoms with van der Waals surface area (Å²) in [6.07, 6.45) is 0. The molecule has 6 N–H and O–H groups in total. The van der Waals surface area contributed by atoms with Crippen molar-refractivity contribution in [3.63, 3.8) is 0 Å². The standard InChI is InChI=1S/C33H26ClN9O11S4/c1-17-9-20(5-7-28(17)42-40-22-4-3-19-11-24(55(44)45)15-30(27(19)14-22)58(52,53)54)35-32-37-31(34)38-33(39-32)36-21-6-8-29(18(2)10-21)43-41-23-12-25(56(46,47)48)16-26(13-23)57(49,50)51/h3-16H,1-2H3,(H,44,45)(H,46,47,48)(H,49,50,51)(H,52,53,54)(H2,35,36,37,38,39). The van der Waals surface area contributed by atoms with E-state index in [-0.39, 0.29) is 44.2 Å². The van der Waals surface area contributed by atoms with Gasteiger partial charge >= 0.3 is 0 Å². The number of aryl methyl sites for hydroxylation is 2. The average Bonchev–Trinajstić information content (AvgIpc) is 3.12. The van der Waals surface area contributed by atoms with Gasteiger partial charge in [0.2, 0.25) is 17.2 Å². The predicted molar refractivity (Wildman–Crippen MR) is 211 cm³/mol. The molecule has 0 spiro atoms. The van der Waals surface area contributed by atoms with Crippen molar-refractivity contribution in [1.82, 2.24) is 15.0 Å². The Bertz CT molecular complexity index is 3030. The number of benzene rings is 5. The summed E-state index contributed by atoms with van der Waals surface area (Å²) in [5.74, 6) is 0.139. The van der Waals surface area contributed by atoms with Gasteiger partial charge in [-0.2, -0.15) is 60.7 Å². The van der Waals surface area contributed by atoms with Gasteiger partial charge in [0.05, 0.1) is 37.4 Å². The van der Waals surface area contributed by atoms with Crippen LogP contribution in [-0.4, -0.2) is 62.6 Å². The minimum atomic E-state index is -4.84. The van der Waals surface area contributed by atoms with E-state index in [2.05, 4.69) is 46.0 Å². The molecule has 0 aliphatic carbocycles. The second kappa shape index (κ2) is 16.3. The maximum absolute atomic E-state index is 12.0. The Kier molecular flexibility index (Phi) is 11.8. The van der Waals surface area contributed by atoms with Crippen LogP contribution in [0.1, 0.15) is 11.1 Å². The SMILES string of the molecule is Cc1cc(Nc2nc(Cl)nc(Nc3ccc(N=Nc4ccc5cc(S(=O)O)cc(S(=O)(=O)O)c5c4)c(C)c3)n2)ccc1N=Nc1cc(S(=O)(=O)O)cc(S(=O)(=O)O)c1. The molecule has 0 bridgehead atoms. The highest BCUT2D eigenvalue weighted by Gasteiger charge is 2.20. The molecule has 0 aliphatic heterocycles. The number of nitrogens with one attached hydrogen (secondary N) is 2. The number of fused-ring (bicyclic) bond motifs is 1. The van der Waals surface area contributed by atoms with Crippen molar-refractivity contribution in [3.05, 3.63) is 101 Å². The lowest BCUT2D eigenvalue weighted by atomic mass is 10.1. The molecule has 5 aromatic carbocycles. The molecule has 1 aromatic heterocycles. The summed E-state index contributed by atoms with van der Waals surface area (Å²) < 4.78 is 120. The van der Waals surface area contributed by atoms with Crippen LogP contribution in [0.5, 0.6) is 0 Å². The third-order valence-corrected chi connectivity index (χ3v) is 11.2. The summed E-state index contributed by atoms with van der Waals surface area (Å²) in [6.45, 7) is 3.44. The Hall–Kier alpha value is -5.70. The lowest BCUT2D eigenvalue weighted by molar-refractivity contribution is 0.479. The highest BCUT2D eigenvalue weighted by atomic mass is 35.5. The molecular formula is C33H26ClN9O11S4. The van der Waals surface area contributed by atoms with E-state index in [0.29, 0.717) is 39.9 Å². The van der Waals surface area contributed by atoms with Crippen molar-refractivity contribution >= 4 is 110 Å². The smallest absolute Gasteiger partial charge is 0.295 e. The molecule has 1 unspecified atom stereocenters. The van der Waals surface area contributed by atoms with Gasteiger partial charge in [0, 0.05) is 16.8 Å². The highest BCUT2D eigenvalue weighted by molar-refractivity contribution is 7.87. The maximum atomic E-state index is 12.0. The lowest BCUT2D eigenvalue weighted by Gasteiger charge is -2.10. The van der Waals surface area contributed by atoms with Gasteiger partial charge in [0.1, 0.15) is 4.90 Å². The first kappa shape index (κ1) is 41.9. The van der Waals surface area contributed by atoms with Crippen LogP contribution < -0.4 is 10.6 Å². The van der Waals surface area contributed by atoms with Crippen LogP contribution in [0.15, 0.2) is 125 Å². The summed E-state index contributed by atoms with van der Waals surface area (Å²) in [6, 6.07) is 18.8. The second-order valence-electron chi connectivity index (χ2n) is 12.1. The van der Waals surface area contributed by atoms with E-state index in [9.17, 15) is 47.7 Å². The van der Waals surface area contributed by atoms with E-state index in [0.717, 1.165) is 18.2 Å². The summed E-state index contributed by atoms with van der Waals surface area (Å²) in [7, 11) is -14.4. The van der Waals surface area contributed by atoms with Gasteiger partial charge in [-0.05, 0) is 121 Å². The van der Waals surface area contributed by atoms with Gasteiger partial charge in [-0.15, -0.1) is 0 Å². The second-order valence-corrected chi connectivity index (χ2v) is 17.6.